The number of carbonyl (C=O) groups is 1. The maximum atomic E-state index is 13.8. The van der Waals surface area contributed by atoms with Gasteiger partial charge in [0.1, 0.15) is 11.6 Å². The Labute approximate surface area is 165 Å². The van der Waals surface area contributed by atoms with Crippen LogP contribution in [0.3, 0.4) is 0 Å². The van der Waals surface area contributed by atoms with Crippen LogP contribution in [0.4, 0.5) is 18.9 Å². The fraction of sp³-hybridized carbons (Fsp3) is 0.316. The molecule has 2 aromatic rings. The number of hydrogen-bond donors (Lipinski definition) is 1. The highest BCUT2D eigenvalue weighted by molar-refractivity contribution is 7.91. The van der Waals surface area contributed by atoms with Crippen molar-refractivity contribution in [2.45, 2.75) is 11.3 Å². The minimum absolute atomic E-state index is 0.0358. The second kappa shape index (κ2) is 8.42. The number of amides is 1. The molecular weight excluding hydrogens is 411 g/mol. The van der Waals surface area contributed by atoms with Crippen molar-refractivity contribution < 1.29 is 35.9 Å². The summed E-state index contributed by atoms with van der Waals surface area (Å²) in [7, 11) is -2.45. The number of benzene rings is 2. The molecule has 2 aromatic carbocycles. The summed E-state index contributed by atoms with van der Waals surface area (Å²) in [6.45, 7) is 0.842. The number of methoxy groups -OCH3 is 1. The van der Waals surface area contributed by atoms with E-state index in [4.69, 9.17) is 9.47 Å². The highest BCUT2D eigenvalue weighted by Gasteiger charge is 2.26. The fourth-order valence-corrected chi connectivity index (χ4v) is 4.64. The summed E-state index contributed by atoms with van der Waals surface area (Å²) in [6.07, 6.45) is 0.623. The van der Waals surface area contributed by atoms with E-state index in [1.54, 1.807) is 0 Å². The molecule has 0 aromatic heterocycles. The van der Waals surface area contributed by atoms with Gasteiger partial charge in [-0.05, 0) is 30.5 Å². The standard InChI is InChI=1S/C19H18F3NO5S/c1-27-18-3-2-12(29(25,26)10-11-4-5-28-9-11)6-13(18)19(24)23-17-8-15(21)14(20)7-16(17)22/h2-3,6-8,11H,4-5,9-10H2,1H3,(H,23,24)/t11-/m0/s1. The largest absolute Gasteiger partial charge is 0.496 e. The highest BCUT2D eigenvalue weighted by atomic mass is 32.2. The van der Waals surface area contributed by atoms with E-state index in [0.29, 0.717) is 31.8 Å². The molecule has 29 heavy (non-hydrogen) atoms. The molecule has 1 fully saturated rings. The number of nitrogens with one attached hydrogen (secondary N) is 1. The minimum atomic E-state index is -3.72. The second-order valence-corrected chi connectivity index (χ2v) is 8.61. The Morgan fingerprint density at radius 1 is 1.17 bits per heavy atom. The minimum Gasteiger partial charge on any atom is -0.496 e. The van der Waals surface area contributed by atoms with Gasteiger partial charge in [-0.15, -0.1) is 0 Å². The van der Waals surface area contributed by atoms with E-state index in [2.05, 4.69) is 5.32 Å². The Bertz CT molecular complexity index is 1040. The molecule has 1 amide bonds. The molecule has 0 spiro atoms. The first-order valence-corrected chi connectivity index (χ1v) is 10.3. The first-order valence-electron chi connectivity index (χ1n) is 8.65. The van der Waals surface area contributed by atoms with Gasteiger partial charge in [0, 0.05) is 18.7 Å². The van der Waals surface area contributed by atoms with Crippen LogP contribution >= 0.6 is 0 Å². The topological polar surface area (TPSA) is 81.7 Å². The fourth-order valence-electron chi connectivity index (χ4n) is 2.99. The van der Waals surface area contributed by atoms with Crippen LogP contribution in [-0.2, 0) is 14.6 Å². The molecule has 1 aliphatic rings. The van der Waals surface area contributed by atoms with Gasteiger partial charge in [-0.2, -0.15) is 0 Å². The SMILES string of the molecule is COc1ccc(S(=O)(=O)C[C@H]2CCOC2)cc1C(=O)Nc1cc(F)c(F)cc1F. The van der Waals surface area contributed by atoms with Crippen LogP contribution in [0.25, 0.3) is 0 Å². The van der Waals surface area contributed by atoms with Crippen LogP contribution in [0, 0.1) is 23.4 Å². The van der Waals surface area contributed by atoms with Gasteiger partial charge in [-0.3, -0.25) is 4.79 Å². The van der Waals surface area contributed by atoms with Gasteiger partial charge >= 0.3 is 0 Å². The monoisotopic (exact) mass is 429 g/mol. The van der Waals surface area contributed by atoms with Gasteiger partial charge in [0.25, 0.3) is 5.91 Å². The lowest BCUT2D eigenvalue weighted by atomic mass is 10.1. The van der Waals surface area contributed by atoms with Crippen molar-refractivity contribution >= 4 is 21.4 Å². The van der Waals surface area contributed by atoms with Crippen LogP contribution in [0.1, 0.15) is 16.8 Å². The number of anilines is 1. The Morgan fingerprint density at radius 3 is 2.55 bits per heavy atom. The molecule has 156 valence electrons. The van der Waals surface area contributed by atoms with Gasteiger partial charge in [0.2, 0.25) is 0 Å². The molecule has 3 rings (SSSR count). The van der Waals surface area contributed by atoms with Crippen LogP contribution in [-0.4, -0.2) is 40.4 Å². The van der Waals surface area contributed by atoms with Crippen LogP contribution in [0.15, 0.2) is 35.2 Å². The number of halogens is 3. The molecule has 0 saturated carbocycles. The van der Waals surface area contributed by atoms with Gasteiger partial charge < -0.3 is 14.8 Å². The summed E-state index contributed by atoms with van der Waals surface area (Å²) >= 11 is 0. The van der Waals surface area contributed by atoms with E-state index >= 15 is 0 Å². The Kier molecular flexibility index (Phi) is 6.13. The lowest BCUT2D eigenvalue weighted by Gasteiger charge is -2.13. The van der Waals surface area contributed by atoms with Crippen molar-refractivity contribution in [1.29, 1.82) is 0 Å². The molecule has 1 aliphatic heterocycles. The normalized spacial score (nSPS) is 16.6. The summed E-state index contributed by atoms with van der Waals surface area (Å²) in [4.78, 5) is 12.5. The predicted octanol–water partition coefficient (Wildman–Crippen LogP) is 3.18. The summed E-state index contributed by atoms with van der Waals surface area (Å²) in [6, 6.07) is 4.51. The number of rotatable bonds is 6. The Balaban J connectivity index is 1.90. The zero-order valence-corrected chi connectivity index (χ0v) is 16.2. The summed E-state index contributed by atoms with van der Waals surface area (Å²) in [5.41, 5.74) is -0.785. The predicted molar refractivity (Wildman–Crippen MR) is 98.2 cm³/mol. The smallest absolute Gasteiger partial charge is 0.259 e. The summed E-state index contributed by atoms with van der Waals surface area (Å²) in [5, 5.41) is 2.11. The first kappa shape index (κ1) is 21.1. The van der Waals surface area contributed by atoms with Gasteiger partial charge in [-0.1, -0.05) is 0 Å². The average Bonchev–Trinajstić information content (AvgIpc) is 3.17. The van der Waals surface area contributed by atoms with E-state index < -0.39 is 38.9 Å². The average molecular weight is 429 g/mol. The zero-order chi connectivity index (χ0) is 21.2. The van der Waals surface area contributed by atoms with Gasteiger partial charge in [0.15, 0.2) is 21.5 Å². The van der Waals surface area contributed by atoms with Gasteiger partial charge in [0.05, 0.1) is 35.6 Å². The quantitative estimate of drug-likeness (QED) is 0.714. The van der Waals surface area contributed by atoms with E-state index in [0.717, 1.165) is 6.07 Å². The van der Waals surface area contributed by atoms with Crippen molar-refractivity contribution in [2.75, 3.05) is 31.4 Å². The molecule has 1 atom stereocenters. The third-order valence-corrected chi connectivity index (χ3v) is 6.39. The third-order valence-electron chi connectivity index (χ3n) is 4.51. The van der Waals surface area contributed by atoms with Crippen molar-refractivity contribution in [3.63, 3.8) is 0 Å². The van der Waals surface area contributed by atoms with E-state index in [1.807, 2.05) is 0 Å². The van der Waals surface area contributed by atoms with E-state index in [-0.39, 0.29) is 27.9 Å². The number of carbonyl (C=O) groups excluding carboxylic acids is 1. The molecule has 0 radical (unpaired) electrons. The van der Waals surface area contributed by atoms with Crippen molar-refractivity contribution in [1.82, 2.24) is 0 Å². The lowest BCUT2D eigenvalue weighted by molar-refractivity contribution is 0.102. The summed E-state index contributed by atoms with van der Waals surface area (Å²) < 4.78 is 75.9. The molecule has 0 aliphatic carbocycles. The molecule has 1 saturated heterocycles. The molecule has 0 unspecified atom stereocenters. The van der Waals surface area contributed by atoms with Crippen molar-refractivity contribution in [2.24, 2.45) is 5.92 Å². The maximum absolute atomic E-state index is 13.8. The van der Waals surface area contributed by atoms with Crippen molar-refractivity contribution in [3.8, 4) is 5.75 Å². The Morgan fingerprint density at radius 2 is 1.90 bits per heavy atom. The van der Waals surface area contributed by atoms with E-state index in [9.17, 15) is 26.4 Å². The first-order chi connectivity index (χ1) is 13.7. The number of sulfone groups is 1. The van der Waals surface area contributed by atoms with Crippen molar-refractivity contribution in [3.05, 3.63) is 53.3 Å². The zero-order valence-electron chi connectivity index (χ0n) is 15.4. The van der Waals surface area contributed by atoms with Crippen LogP contribution in [0.5, 0.6) is 5.75 Å². The van der Waals surface area contributed by atoms with Crippen LogP contribution in [0.2, 0.25) is 0 Å². The number of ether oxygens (including phenoxy) is 2. The highest BCUT2D eigenvalue weighted by Crippen LogP contribution is 2.27. The van der Waals surface area contributed by atoms with Crippen LogP contribution < -0.4 is 10.1 Å². The number of hydrogen-bond acceptors (Lipinski definition) is 5. The van der Waals surface area contributed by atoms with Gasteiger partial charge in [-0.25, -0.2) is 21.6 Å². The maximum Gasteiger partial charge on any atom is 0.259 e. The Hall–Kier alpha value is -2.59. The molecular formula is C19H18F3NO5S. The molecule has 1 N–H and O–H groups in total. The molecule has 1 heterocycles. The molecule has 0 bridgehead atoms. The summed E-state index contributed by atoms with van der Waals surface area (Å²) in [5.74, 6) is -5.11. The molecule has 10 heteroatoms. The second-order valence-electron chi connectivity index (χ2n) is 6.57. The van der Waals surface area contributed by atoms with E-state index in [1.165, 1.54) is 19.2 Å². The molecule has 6 nitrogen and oxygen atoms in total. The lowest BCUT2D eigenvalue weighted by Crippen LogP contribution is -2.19. The third kappa shape index (κ3) is 4.70.